The van der Waals surface area contributed by atoms with Crippen LogP contribution in [0.1, 0.15) is 5.56 Å². The van der Waals surface area contributed by atoms with E-state index in [0.717, 1.165) is 11.4 Å². The van der Waals surface area contributed by atoms with E-state index >= 15 is 0 Å². The second-order valence-electron chi connectivity index (χ2n) is 5.84. The first-order chi connectivity index (χ1) is 13.2. The van der Waals surface area contributed by atoms with Crippen molar-refractivity contribution in [2.24, 2.45) is 5.10 Å². The highest BCUT2D eigenvalue weighted by atomic mass is 16.6. The number of fused-ring (bicyclic) bond motifs is 1. The lowest BCUT2D eigenvalue weighted by Gasteiger charge is -2.16. The molecule has 1 aliphatic rings. The van der Waals surface area contributed by atoms with Crippen molar-refractivity contribution in [2.75, 3.05) is 10.3 Å². The van der Waals surface area contributed by atoms with E-state index in [-0.39, 0.29) is 23.0 Å². The Hall–Kier alpha value is -4.00. The van der Waals surface area contributed by atoms with Gasteiger partial charge in [-0.1, -0.05) is 48.5 Å². The molecule has 0 saturated heterocycles. The predicted molar refractivity (Wildman–Crippen MR) is 103 cm³/mol. The van der Waals surface area contributed by atoms with Gasteiger partial charge in [0, 0.05) is 17.3 Å². The smallest absolute Gasteiger partial charge is 0.275 e. The quantitative estimate of drug-likeness (QED) is 0.562. The number of hydrazone groups is 1. The number of amides is 1. The molecule has 7 nitrogen and oxygen atoms in total. The van der Waals surface area contributed by atoms with Crippen LogP contribution in [0.4, 0.5) is 22.7 Å². The summed E-state index contributed by atoms with van der Waals surface area (Å²) < 4.78 is 0. The normalized spacial score (nSPS) is 14.3. The summed E-state index contributed by atoms with van der Waals surface area (Å²) in [6.45, 7) is 0. The lowest BCUT2D eigenvalue weighted by molar-refractivity contribution is -0.384. The Kier molecular flexibility index (Phi) is 4.10. The lowest BCUT2D eigenvalue weighted by Crippen LogP contribution is -2.26. The molecule has 3 aromatic carbocycles. The van der Waals surface area contributed by atoms with E-state index in [1.807, 2.05) is 48.5 Å². The van der Waals surface area contributed by atoms with Gasteiger partial charge in [0.1, 0.15) is 5.69 Å². The Morgan fingerprint density at radius 1 is 0.889 bits per heavy atom. The van der Waals surface area contributed by atoms with E-state index in [4.69, 9.17) is 0 Å². The van der Waals surface area contributed by atoms with Gasteiger partial charge in [0.15, 0.2) is 5.71 Å². The summed E-state index contributed by atoms with van der Waals surface area (Å²) in [5, 5.41) is 15.4. The minimum absolute atomic E-state index is 0.111. The maximum absolute atomic E-state index is 13.0. The van der Waals surface area contributed by atoms with Crippen LogP contribution >= 0.6 is 0 Å². The summed E-state index contributed by atoms with van der Waals surface area (Å²) in [6.07, 6.45) is 0. The minimum atomic E-state index is -0.497. The average Bonchev–Trinajstić information content (AvgIpc) is 2.98. The summed E-state index contributed by atoms with van der Waals surface area (Å²) in [5.74, 6) is -0.298. The monoisotopic (exact) mass is 358 g/mol. The van der Waals surface area contributed by atoms with Crippen molar-refractivity contribution in [3.8, 4) is 0 Å². The summed E-state index contributed by atoms with van der Waals surface area (Å²) >= 11 is 0. The van der Waals surface area contributed by atoms with E-state index in [0.29, 0.717) is 5.56 Å². The Bertz CT molecular complexity index is 1060. The summed E-state index contributed by atoms with van der Waals surface area (Å²) in [7, 11) is 0. The first kappa shape index (κ1) is 16.5. The van der Waals surface area contributed by atoms with Crippen LogP contribution in [0.25, 0.3) is 0 Å². The number of para-hydroxylation sites is 4. The number of anilines is 3. The van der Waals surface area contributed by atoms with Crippen molar-refractivity contribution in [2.45, 2.75) is 0 Å². The molecule has 1 N–H and O–H groups in total. The molecule has 0 fully saturated rings. The number of benzene rings is 3. The van der Waals surface area contributed by atoms with Crippen LogP contribution in [0.15, 0.2) is 84.0 Å². The lowest BCUT2D eigenvalue weighted by atomic mass is 10.1. The van der Waals surface area contributed by atoms with Crippen molar-refractivity contribution in [1.82, 2.24) is 0 Å². The molecule has 0 bridgehead atoms. The molecule has 0 aliphatic carbocycles. The van der Waals surface area contributed by atoms with Gasteiger partial charge in [-0.15, -0.1) is 0 Å². The zero-order chi connectivity index (χ0) is 18.8. The van der Waals surface area contributed by atoms with Crippen molar-refractivity contribution in [1.29, 1.82) is 0 Å². The molecule has 3 aromatic rings. The van der Waals surface area contributed by atoms with Gasteiger partial charge in [-0.3, -0.25) is 25.2 Å². The highest BCUT2D eigenvalue weighted by Crippen LogP contribution is 2.35. The van der Waals surface area contributed by atoms with Crippen molar-refractivity contribution >= 4 is 34.4 Å². The van der Waals surface area contributed by atoms with Crippen LogP contribution in [-0.4, -0.2) is 16.5 Å². The first-order valence-corrected chi connectivity index (χ1v) is 8.23. The van der Waals surface area contributed by atoms with Crippen molar-refractivity contribution < 1.29 is 9.72 Å². The fourth-order valence-electron chi connectivity index (χ4n) is 2.98. The van der Waals surface area contributed by atoms with E-state index < -0.39 is 4.92 Å². The van der Waals surface area contributed by atoms with Crippen LogP contribution < -0.4 is 10.3 Å². The number of rotatable bonds is 4. The summed E-state index contributed by atoms with van der Waals surface area (Å²) in [4.78, 5) is 25.3. The highest BCUT2D eigenvalue weighted by molar-refractivity contribution is 6.55. The van der Waals surface area contributed by atoms with E-state index in [2.05, 4.69) is 10.5 Å². The van der Waals surface area contributed by atoms with Crippen LogP contribution in [0.3, 0.4) is 0 Å². The number of hydrogen-bond acceptors (Lipinski definition) is 5. The Morgan fingerprint density at radius 2 is 1.56 bits per heavy atom. The number of carbonyl (C=O) groups is 1. The maximum atomic E-state index is 13.0. The van der Waals surface area contributed by atoms with Gasteiger partial charge in [0.25, 0.3) is 11.6 Å². The fraction of sp³-hybridized carbons (Fsp3) is 0. The molecular weight excluding hydrogens is 344 g/mol. The number of nitrogens with zero attached hydrogens (tertiary/aromatic N) is 3. The van der Waals surface area contributed by atoms with Crippen molar-refractivity contribution in [3.05, 3.63) is 94.5 Å². The molecule has 27 heavy (non-hydrogen) atoms. The molecule has 0 atom stereocenters. The third kappa shape index (κ3) is 2.91. The van der Waals surface area contributed by atoms with Crippen LogP contribution in [0.5, 0.6) is 0 Å². The third-order valence-electron chi connectivity index (χ3n) is 4.21. The molecule has 1 heterocycles. The number of carbonyl (C=O) groups excluding carboxylic acids is 1. The molecule has 0 saturated carbocycles. The SMILES string of the molecule is O=C1/C(=N\Nc2ccccc2[N+](=O)[O-])c2ccccc2N1c1ccccc1. The summed E-state index contributed by atoms with van der Waals surface area (Å²) in [6, 6.07) is 22.7. The van der Waals surface area contributed by atoms with Crippen LogP contribution in [0, 0.1) is 10.1 Å². The predicted octanol–water partition coefficient (Wildman–Crippen LogP) is 4.09. The average molecular weight is 358 g/mol. The van der Waals surface area contributed by atoms with Crippen LogP contribution in [-0.2, 0) is 4.79 Å². The standard InChI is InChI=1S/C20H14N4O3/c25-20-19(22-21-16-11-5-7-13-18(16)24(26)27)15-10-4-6-12-17(15)23(20)14-8-2-1-3-9-14/h1-13,21H/b22-19-. The van der Waals surface area contributed by atoms with Gasteiger partial charge < -0.3 is 0 Å². The van der Waals surface area contributed by atoms with E-state index in [1.165, 1.54) is 6.07 Å². The largest absolute Gasteiger partial charge is 0.294 e. The molecule has 0 unspecified atom stereocenters. The molecule has 0 aromatic heterocycles. The Labute approximate surface area is 154 Å². The summed E-state index contributed by atoms with van der Waals surface area (Å²) in [5.41, 5.74) is 5.10. The first-order valence-electron chi connectivity index (χ1n) is 8.23. The second kappa shape index (κ2) is 6.72. The van der Waals surface area contributed by atoms with Gasteiger partial charge in [-0.05, 0) is 24.3 Å². The molecule has 1 aliphatic heterocycles. The number of nitro benzene ring substituents is 1. The molecule has 4 rings (SSSR count). The fourth-order valence-corrected chi connectivity index (χ4v) is 2.98. The van der Waals surface area contributed by atoms with Gasteiger partial charge in [-0.25, -0.2) is 0 Å². The third-order valence-corrected chi connectivity index (χ3v) is 4.21. The minimum Gasteiger partial charge on any atom is -0.275 e. The molecular formula is C20H14N4O3. The zero-order valence-corrected chi connectivity index (χ0v) is 14.1. The zero-order valence-electron chi connectivity index (χ0n) is 14.1. The van der Waals surface area contributed by atoms with Gasteiger partial charge in [-0.2, -0.15) is 5.10 Å². The molecule has 0 radical (unpaired) electrons. The Morgan fingerprint density at radius 3 is 2.33 bits per heavy atom. The topological polar surface area (TPSA) is 87.8 Å². The van der Waals surface area contributed by atoms with Crippen LogP contribution in [0.2, 0.25) is 0 Å². The molecule has 1 amide bonds. The second-order valence-corrected chi connectivity index (χ2v) is 5.84. The Balaban J connectivity index is 1.75. The van der Waals surface area contributed by atoms with Gasteiger partial charge >= 0.3 is 0 Å². The maximum Gasteiger partial charge on any atom is 0.294 e. The molecule has 7 heteroatoms. The van der Waals surface area contributed by atoms with E-state index in [9.17, 15) is 14.9 Å². The number of nitrogens with one attached hydrogen (secondary N) is 1. The molecule has 132 valence electrons. The number of nitro groups is 1. The van der Waals surface area contributed by atoms with E-state index in [1.54, 1.807) is 29.2 Å². The van der Waals surface area contributed by atoms with Gasteiger partial charge in [0.05, 0.1) is 10.6 Å². The van der Waals surface area contributed by atoms with Crippen molar-refractivity contribution in [3.63, 3.8) is 0 Å². The number of hydrogen-bond donors (Lipinski definition) is 1. The molecule has 0 spiro atoms. The van der Waals surface area contributed by atoms with Gasteiger partial charge in [0.2, 0.25) is 0 Å². The highest BCUT2D eigenvalue weighted by Gasteiger charge is 2.35.